The van der Waals surface area contributed by atoms with E-state index >= 15 is 0 Å². The molecule has 3 heterocycles. The average molecular weight is 681 g/mol. The van der Waals surface area contributed by atoms with Crippen LogP contribution in [0, 0.1) is 28.1 Å². The molecule has 2 saturated heterocycles. The van der Waals surface area contributed by atoms with Gasteiger partial charge in [-0.1, -0.05) is 13.8 Å². The number of hydrogen-bond acceptors (Lipinski definition) is 13. The summed E-state index contributed by atoms with van der Waals surface area (Å²) in [5.41, 5.74) is -1.58. The molecule has 0 aromatic carbocycles. The van der Waals surface area contributed by atoms with Gasteiger partial charge in [-0.25, -0.2) is 4.79 Å². The van der Waals surface area contributed by atoms with Crippen LogP contribution in [0.1, 0.15) is 85.0 Å². The number of hydrogen-bond donors (Lipinski definition) is 6. The third-order valence-corrected chi connectivity index (χ3v) is 13.9. The summed E-state index contributed by atoms with van der Waals surface area (Å²) in [5, 5.41) is 63.5. The molecule has 0 unspecified atom stereocenters. The zero-order valence-corrected chi connectivity index (χ0v) is 28.0. The molecule has 4 aliphatic carbocycles. The zero-order chi connectivity index (χ0) is 34.4. The van der Waals surface area contributed by atoms with Crippen molar-refractivity contribution in [1.29, 1.82) is 0 Å². The monoisotopic (exact) mass is 680 g/mol. The van der Waals surface area contributed by atoms with E-state index in [0.29, 0.717) is 37.9 Å². The fourth-order valence-corrected chi connectivity index (χ4v) is 11.1. The smallest absolute Gasteiger partial charge is 0.331 e. The predicted octanol–water partition coefficient (Wildman–Crippen LogP) is 0.633. The minimum Gasteiger partial charge on any atom is -0.458 e. The number of aliphatic hydroxyl groups is 6. The van der Waals surface area contributed by atoms with Crippen molar-refractivity contribution >= 4 is 11.8 Å². The quantitative estimate of drug-likeness (QED) is 0.169. The van der Waals surface area contributed by atoms with E-state index in [1.807, 2.05) is 0 Å². The summed E-state index contributed by atoms with van der Waals surface area (Å²) in [6, 6.07) is 0. The molecule has 6 fully saturated rings. The van der Waals surface area contributed by atoms with E-state index in [4.69, 9.17) is 23.7 Å². The second-order valence-electron chi connectivity index (χ2n) is 16.2. The van der Waals surface area contributed by atoms with Gasteiger partial charge in [0, 0.05) is 35.2 Å². The van der Waals surface area contributed by atoms with Crippen molar-refractivity contribution in [1.82, 2.24) is 0 Å². The molecule has 7 aliphatic rings. The van der Waals surface area contributed by atoms with E-state index in [-0.39, 0.29) is 36.9 Å². The average Bonchev–Trinajstić information content (AvgIpc) is 3.46. The van der Waals surface area contributed by atoms with Crippen LogP contribution in [0.5, 0.6) is 0 Å². The van der Waals surface area contributed by atoms with E-state index in [2.05, 4.69) is 13.8 Å². The fraction of sp³-hybridized carbons (Fsp3) is 0.886. The van der Waals surface area contributed by atoms with Crippen LogP contribution in [0.3, 0.4) is 0 Å². The van der Waals surface area contributed by atoms with Crippen molar-refractivity contribution < 1.29 is 63.9 Å². The van der Waals surface area contributed by atoms with Gasteiger partial charge in [-0.15, -0.1) is 0 Å². The number of Topliss-reactive ketones (excluding diaryl/α,β-unsaturated/α-hetero) is 1. The molecule has 0 amide bonds. The third kappa shape index (κ3) is 5.26. The van der Waals surface area contributed by atoms with E-state index in [9.17, 15) is 40.2 Å². The number of aliphatic hydroxyl groups excluding tert-OH is 5. The number of fused-ring (bicyclic) bond motifs is 3. The Morgan fingerprint density at radius 3 is 2.38 bits per heavy atom. The SMILES string of the molecule is C[C@H]1O[C@@H](O[C@H]2CC[C@]3(C)[C@H]4CC[C@@]5(C)C(=O)[C@@]4(CC[C@@H]5C4=CC(=O)OC4)CC[C@]3(O)C2)C[C@H](O)[C@@H]1O[C@@H]1O[C@H](CO)[C@@H](O)[C@H](O)[C@H]1O. The van der Waals surface area contributed by atoms with Crippen molar-refractivity contribution in [2.75, 3.05) is 13.2 Å². The topological polar surface area (TPSA) is 202 Å². The molecule has 6 N–H and O–H groups in total. The third-order valence-electron chi connectivity index (χ3n) is 13.9. The minimum atomic E-state index is -1.60. The van der Waals surface area contributed by atoms with Gasteiger partial charge < -0.3 is 54.3 Å². The van der Waals surface area contributed by atoms with Crippen molar-refractivity contribution in [3.63, 3.8) is 0 Å². The summed E-state index contributed by atoms with van der Waals surface area (Å²) < 4.78 is 29.0. The summed E-state index contributed by atoms with van der Waals surface area (Å²) >= 11 is 0. The Bertz CT molecular complexity index is 1290. The number of esters is 1. The number of rotatable bonds is 6. The van der Waals surface area contributed by atoms with Crippen LogP contribution in [-0.4, -0.2) is 123 Å². The Balaban J connectivity index is 0.991. The molecule has 2 bridgehead atoms. The van der Waals surface area contributed by atoms with Gasteiger partial charge in [0.2, 0.25) is 0 Å². The standard InChI is InChI=1S/C35H52O13/c1-17-29(48-30-28(41)27(40)26(39)22(15-36)47-30)21(37)13-25(45-17)46-19-4-8-33(3)23-6-7-32(2)20(18-12-24(38)44-16-18)5-9-34(23,31(32)42)10-11-35(33,43)14-19/h12,17,19-23,25-30,36-37,39-41,43H,4-11,13-16H2,1-3H3/t17-,19+,20-,21+,22-,23-,25+,26-,27+,28-,29-,30+,32-,33-,34+,35+/m1/s1. The maximum absolute atomic E-state index is 14.5. The molecule has 3 aliphatic heterocycles. The largest absolute Gasteiger partial charge is 0.458 e. The fourth-order valence-electron chi connectivity index (χ4n) is 11.1. The van der Waals surface area contributed by atoms with E-state index < -0.39 is 83.8 Å². The first-order chi connectivity index (χ1) is 22.7. The molecule has 0 aromatic heterocycles. The van der Waals surface area contributed by atoms with Gasteiger partial charge in [0.05, 0.1) is 30.5 Å². The van der Waals surface area contributed by atoms with Gasteiger partial charge in [-0.2, -0.15) is 0 Å². The molecule has 270 valence electrons. The Morgan fingerprint density at radius 2 is 1.69 bits per heavy atom. The normalized spacial score (nSPS) is 53.8. The number of ketones is 1. The molecule has 7 rings (SSSR count). The summed E-state index contributed by atoms with van der Waals surface area (Å²) in [6.07, 6.45) is -3.40. The first-order valence-electron chi connectivity index (χ1n) is 17.8. The molecule has 0 aromatic rings. The van der Waals surface area contributed by atoms with E-state index in [1.54, 1.807) is 13.0 Å². The van der Waals surface area contributed by atoms with Gasteiger partial charge in [-0.3, -0.25) is 4.79 Å². The van der Waals surface area contributed by atoms with Crippen molar-refractivity contribution in [3.8, 4) is 0 Å². The van der Waals surface area contributed by atoms with Crippen molar-refractivity contribution in [2.45, 2.75) is 152 Å². The first kappa shape index (κ1) is 34.9. The van der Waals surface area contributed by atoms with Crippen LogP contribution < -0.4 is 0 Å². The lowest BCUT2D eigenvalue weighted by Crippen LogP contribution is -2.69. The number of carbonyl (C=O) groups excluding carboxylic acids is 2. The van der Waals surface area contributed by atoms with Gasteiger partial charge in [0.1, 0.15) is 42.9 Å². The first-order valence-corrected chi connectivity index (χ1v) is 17.8. The summed E-state index contributed by atoms with van der Waals surface area (Å²) in [7, 11) is 0. The van der Waals surface area contributed by atoms with Gasteiger partial charge in [0.25, 0.3) is 0 Å². The summed E-state index contributed by atoms with van der Waals surface area (Å²) in [4.78, 5) is 26.4. The molecule has 1 spiro atoms. The molecule has 13 heteroatoms. The van der Waals surface area contributed by atoms with Crippen LogP contribution in [0.4, 0.5) is 0 Å². The Hall–Kier alpha value is -1.52. The van der Waals surface area contributed by atoms with E-state index in [1.165, 1.54) is 0 Å². The molecule has 4 saturated carbocycles. The Kier molecular flexibility index (Phi) is 8.96. The number of ether oxygens (including phenoxy) is 5. The van der Waals surface area contributed by atoms with Crippen LogP contribution in [0.2, 0.25) is 0 Å². The second kappa shape index (κ2) is 12.3. The van der Waals surface area contributed by atoms with Crippen molar-refractivity contribution in [2.24, 2.45) is 28.1 Å². The molecule has 0 radical (unpaired) electrons. The highest BCUT2D eigenvalue weighted by Gasteiger charge is 2.71. The summed E-state index contributed by atoms with van der Waals surface area (Å²) in [5.74, 6) is 0.0301. The van der Waals surface area contributed by atoms with Crippen LogP contribution in [0.15, 0.2) is 11.6 Å². The van der Waals surface area contributed by atoms with Gasteiger partial charge in [0.15, 0.2) is 12.6 Å². The molecule has 48 heavy (non-hydrogen) atoms. The minimum absolute atomic E-state index is 0.0104. The predicted molar refractivity (Wildman–Crippen MR) is 165 cm³/mol. The number of carbonyl (C=O) groups is 2. The molecular weight excluding hydrogens is 628 g/mol. The number of cyclic esters (lactones) is 1. The Morgan fingerprint density at radius 1 is 0.917 bits per heavy atom. The van der Waals surface area contributed by atoms with Crippen molar-refractivity contribution in [3.05, 3.63) is 11.6 Å². The summed E-state index contributed by atoms with van der Waals surface area (Å²) in [6.45, 7) is 5.60. The maximum atomic E-state index is 14.5. The zero-order valence-electron chi connectivity index (χ0n) is 28.0. The van der Waals surface area contributed by atoms with Gasteiger partial charge >= 0.3 is 5.97 Å². The Labute approximate surface area is 280 Å². The highest BCUT2D eigenvalue weighted by atomic mass is 16.7. The van der Waals surface area contributed by atoms with Crippen LogP contribution in [-0.2, 0) is 33.3 Å². The van der Waals surface area contributed by atoms with E-state index in [0.717, 1.165) is 31.3 Å². The second-order valence-corrected chi connectivity index (χ2v) is 16.2. The highest BCUT2D eigenvalue weighted by Crippen LogP contribution is 2.71. The lowest BCUT2D eigenvalue weighted by Gasteiger charge is -2.68. The molecule has 13 nitrogen and oxygen atoms in total. The maximum Gasteiger partial charge on any atom is 0.331 e. The lowest BCUT2D eigenvalue weighted by atomic mass is 9.36. The van der Waals surface area contributed by atoms with Gasteiger partial charge in [-0.05, 0) is 75.7 Å². The van der Waals surface area contributed by atoms with Crippen LogP contribution in [0.25, 0.3) is 0 Å². The van der Waals surface area contributed by atoms with Crippen LogP contribution >= 0.6 is 0 Å². The molecular formula is C35H52O13. The highest BCUT2D eigenvalue weighted by molar-refractivity contribution is 5.94. The molecule has 16 atom stereocenters. The lowest BCUT2D eigenvalue weighted by molar-refractivity contribution is -0.345.